The zero-order chi connectivity index (χ0) is 51.2. The van der Waals surface area contributed by atoms with Gasteiger partial charge >= 0.3 is 0 Å². The third kappa shape index (κ3) is 16.0. The number of anilines is 2. The maximum atomic E-state index is 14.9. The monoisotopic (exact) mass is 955 g/mol. The van der Waals surface area contributed by atoms with Gasteiger partial charge in [-0.3, -0.25) is 9.59 Å². The van der Waals surface area contributed by atoms with Crippen molar-refractivity contribution in [3.8, 4) is 0 Å². The summed E-state index contributed by atoms with van der Waals surface area (Å²) in [6, 6.07) is 27.5. The fourth-order valence-electron chi connectivity index (χ4n) is 9.09. The number of allylic oxidation sites excluding steroid dienone is 2. The van der Waals surface area contributed by atoms with Crippen LogP contribution in [0.3, 0.4) is 0 Å². The lowest BCUT2D eigenvalue weighted by molar-refractivity contribution is -0.115. The summed E-state index contributed by atoms with van der Waals surface area (Å²) in [5.41, 5.74) is 8.63. The average molecular weight is 955 g/mol. The Kier molecular flexibility index (Phi) is 23.7. The summed E-state index contributed by atoms with van der Waals surface area (Å²) in [7, 11) is 6.37. The van der Waals surface area contributed by atoms with Crippen molar-refractivity contribution in [3.05, 3.63) is 143 Å². The number of nitrogens with one attached hydrogen (secondary N) is 2. The van der Waals surface area contributed by atoms with Crippen LogP contribution in [-0.4, -0.2) is 118 Å². The van der Waals surface area contributed by atoms with Crippen LogP contribution in [0.2, 0.25) is 0 Å². The van der Waals surface area contributed by atoms with E-state index < -0.39 is 0 Å². The molecule has 0 bridgehead atoms. The molecule has 0 fully saturated rings. The van der Waals surface area contributed by atoms with Crippen molar-refractivity contribution in [2.45, 2.75) is 100 Å². The lowest BCUT2D eigenvalue weighted by atomic mass is 9.98. The van der Waals surface area contributed by atoms with Gasteiger partial charge in [-0.25, -0.2) is 15.0 Å². The molecule has 5 rings (SSSR count). The third-order valence-corrected chi connectivity index (χ3v) is 13.1. The van der Waals surface area contributed by atoms with Crippen LogP contribution >= 0.6 is 0 Å². The van der Waals surface area contributed by atoms with E-state index in [2.05, 4.69) is 170 Å². The first-order valence-corrected chi connectivity index (χ1v) is 26.0. The first-order chi connectivity index (χ1) is 33.8. The summed E-state index contributed by atoms with van der Waals surface area (Å²) >= 11 is 0. The minimum absolute atomic E-state index is 0.0498. The average Bonchev–Trinajstić information content (AvgIpc) is 3.59. The standard InChI is InChI=1S/C56H80N10O2.C2H6/c1-12-42(5)53-51(39-59-44(7)57-14-3)55(67)64(34-33-62(53)10)49-29-20-26-47(38-49)28-22-32-63(11)66-36-35-65(56(68)52(54(66)43(6)13-2)40-60-45(8)58-15-4)50-30-19-25-46(37-50)27-21-31-61(9)41-48-23-17-16-18-24-48;1-2/h16-20,23-26,29-30,37-40,42-43,57-58H,7-8,12-15,21-22,27-28,31-36,41H2,1-6,9-11H3;1-2H3/b59-39-,60-40-;. The Morgan fingerprint density at radius 3 is 1.64 bits per heavy atom. The number of carbonyl (C=O) groups is 2. The Morgan fingerprint density at radius 2 is 1.13 bits per heavy atom. The van der Waals surface area contributed by atoms with Crippen molar-refractivity contribution in [1.82, 2.24) is 30.5 Å². The molecule has 2 aliphatic rings. The van der Waals surface area contributed by atoms with Crippen LogP contribution in [0.4, 0.5) is 11.4 Å². The number of nitrogens with zero attached hydrogens (tertiary/aromatic N) is 8. The second-order valence-corrected chi connectivity index (χ2v) is 18.3. The highest BCUT2D eigenvalue weighted by molar-refractivity contribution is 6.20. The molecular formula is C58H86N10O2. The van der Waals surface area contributed by atoms with Crippen LogP contribution in [0.25, 0.3) is 0 Å². The van der Waals surface area contributed by atoms with Crippen molar-refractivity contribution in [2.75, 3.05) is 83.3 Å². The summed E-state index contributed by atoms with van der Waals surface area (Å²) in [4.78, 5) is 47.1. The Bertz CT molecular complexity index is 2280. The maximum absolute atomic E-state index is 14.9. The zero-order valence-electron chi connectivity index (χ0n) is 44.7. The van der Waals surface area contributed by atoms with Gasteiger partial charge < -0.3 is 35.2 Å². The number of rotatable bonds is 25. The van der Waals surface area contributed by atoms with E-state index in [1.165, 1.54) is 11.1 Å². The van der Waals surface area contributed by atoms with E-state index in [-0.39, 0.29) is 23.7 Å². The smallest absolute Gasteiger partial charge is 0.261 e. The van der Waals surface area contributed by atoms with Gasteiger partial charge in [0.05, 0.1) is 17.7 Å². The van der Waals surface area contributed by atoms with Crippen LogP contribution in [-0.2, 0) is 29.0 Å². The summed E-state index contributed by atoms with van der Waals surface area (Å²) in [5, 5.41) is 10.9. The SMILES string of the molecule is C=C(/N=C\C1=C(C(C)CC)N(C)CCN(c2cccc(CCCN(C)N3CCN(c4cccc(CCCN(C)Cc5ccccc5)c4)C(=O)C(/C=N\C(=C)NCC)=C3C(C)CC)c2)C1=O)NCC.CC. The molecule has 3 aromatic rings. The highest BCUT2D eigenvalue weighted by atomic mass is 16.2. The number of hydrogen-bond donors (Lipinski definition) is 2. The number of carbonyl (C=O) groups excluding carboxylic acids is 2. The number of hydrogen-bond acceptors (Lipinski definition) is 10. The number of aliphatic imine (C=N–C) groups is 2. The second kappa shape index (κ2) is 29.3. The van der Waals surface area contributed by atoms with Gasteiger partial charge in [0.1, 0.15) is 11.6 Å². The van der Waals surface area contributed by atoms with Gasteiger partial charge in [-0.1, -0.05) is 109 Å². The molecule has 2 unspecified atom stereocenters. The molecule has 2 aliphatic heterocycles. The lowest BCUT2D eigenvalue weighted by Gasteiger charge is -2.37. The summed E-state index contributed by atoms with van der Waals surface area (Å²) < 4.78 is 0. The molecule has 0 spiro atoms. The highest BCUT2D eigenvalue weighted by Crippen LogP contribution is 2.31. The maximum Gasteiger partial charge on any atom is 0.261 e. The molecule has 12 heteroatoms. The molecule has 0 saturated heterocycles. The first kappa shape index (κ1) is 56.6. The van der Waals surface area contributed by atoms with Crippen LogP contribution in [0.15, 0.2) is 136 Å². The second-order valence-electron chi connectivity index (χ2n) is 18.3. The lowest BCUT2D eigenvalue weighted by Crippen LogP contribution is -2.44. The molecule has 380 valence electrons. The third-order valence-electron chi connectivity index (χ3n) is 13.1. The van der Waals surface area contributed by atoms with Crippen molar-refractivity contribution >= 4 is 35.6 Å². The predicted molar refractivity (Wildman–Crippen MR) is 296 cm³/mol. The molecule has 0 saturated carbocycles. The molecule has 2 N–H and O–H groups in total. The van der Waals surface area contributed by atoms with Gasteiger partial charge in [-0.2, -0.15) is 0 Å². The Labute approximate surface area is 422 Å². The van der Waals surface area contributed by atoms with E-state index in [1.54, 1.807) is 12.4 Å². The minimum atomic E-state index is -0.0573. The fourth-order valence-corrected chi connectivity index (χ4v) is 9.09. The predicted octanol–water partition coefficient (Wildman–Crippen LogP) is 10.1. The van der Waals surface area contributed by atoms with Gasteiger partial charge in [0.15, 0.2) is 0 Å². The Morgan fingerprint density at radius 1 is 0.657 bits per heavy atom. The normalized spacial score (nSPS) is 15.7. The summed E-state index contributed by atoms with van der Waals surface area (Å²) in [5.74, 6) is 1.22. The molecule has 12 nitrogen and oxygen atoms in total. The van der Waals surface area contributed by atoms with E-state index in [0.717, 1.165) is 86.5 Å². The van der Waals surface area contributed by atoms with Crippen LogP contribution in [0.1, 0.15) is 97.8 Å². The van der Waals surface area contributed by atoms with E-state index in [1.807, 2.05) is 43.6 Å². The van der Waals surface area contributed by atoms with Crippen LogP contribution < -0.4 is 20.4 Å². The summed E-state index contributed by atoms with van der Waals surface area (Å²) in [6.07, 6.45) is 8.81. The minimum Gasteiger partial charge on any atom is -0.375 e. The largest absolute Gasteiger partial charge is 0.375 e. The van der Waals surface area contributed by atoms with Crippen molar-refractivity contribution < 1.29 is 9.59 Å². The van der Waals surface area contributed by atoms with Crippen molar-refractivity contribution in [3.63, 3.8) is 0 Å². The fraction of sp³-hybridized carbons (Fsp3) is 0.483. The van der Waals surface area contributed by atoms with Gasteiger partial charge in [0, 0.05) is 95.1 Å². The van der Waals surface area contributed by atoms with E-state index in [9.17, 15) is 9.59 Å². The zero-order valence-corrected chi connectivity index (χ0v) is 44.7. The number of amides is 2. The Hall–Kier alpha value is -5.98. The molecular weight excluding hydrogens is 869 g/mol. The molecule has 0 aliphatic carbocycles. The van der Waals surface area contributed by atoms with Crippen LogP contribution in [0.5, 0.6) is 0 Å². The van der Waals surface area contributed by atoms with E-state index in [0.29, 0.717) is 62.1 Å². The Balaban J connectivity index is 0.00000526. The molecule has 2 heterocycles. The van der Waals surface area contributed by atoms with E-state index >= 15 is 0 Å². The van der Waals surface area contributed by atoms with Gasteiger partial charge in [-0.05, 0) is 119 Å². The topological polar surface area (TPSA) is 102 Å². The van der Waals surface area contributed by atoms with Gasteiger partial charge in [0.2, 0.25) is 0 Å². The summed E-state index contributed by atoms with van der Waals surface area (Å²) in [6.45, 7) is 31.3. The van der Waals surface area contributed by atoms with Crippen LogP contribution in [0, 0.1) is 11.8 Å². The number of hydrazine groups is 1. The van der Waals surface area contributed by atoms with Gasteiger partial charge in [0.25, 0.3) is 11.8 Å². The molecule has 2 atom stereocenters. The number of aryl methyl sites for hydroxylation is 2. The molecule has 70 heavy (non-hydrogen) atoms. The quantitative estimate of drug-likeness (QED) is 0.0810. The first-order valence-electron chi connectivity index (χ1n) is 26.0. The molecule has 0 aromatic heterocycles. The van der Waals surface area contributed by atoms with E-state index in [4.69, 9.17) is 4.99 Å². The molecule has 3 aromatic carbocycles. The molecule has 0 radical (unpaired) electrons. The highest BCUT2D eigenvalue weighted by Gasteiger charge is 2.34. The van der Waals surface area contributed by atoms with Gasteiger partial charge in [-0.15, -0.1) is 0 Å². The number of benzene rings is 3. The van der Waals surface area contributed by atoms with Crippen molar-refractivity contribution in [2.24, 2.45) is 21.8 Å². The molecule has 2 amide bonds. The van der Waals surface area contributed by atoms with Crippen molar-refractivity contribution in [1.29, 1.82) is 0 Å². The number of likely N-dealkylation sites (N-methyl/N-ethyl adjacent to an activating group) is 1.